The van der Waals surface area contributed by atoms with E-state index in [1.54, 1.807) is 11.9 Å². The maximum Gasteiger partial charge on any atom is 0.239 e. The van der Waals surface area contributed by atoms with Crippen LogP contribution in [0.25, 0.3) is 11.5 Å². The van der Waals surface area contributed by atoms with Crippen molar-refractivity contribution in [2.45, 2.75) is 18.8 Å². The molecule has 0 aliphatic carbocycles. The van der Waals surface area contributed by atoms with Crippen LogP contribution in [0.4, 0.5) is 0 Å². The van der Waals surface area contributed by atoms with Crippen LogP contribution in [0, 0.1) is 0 Å². The number of nitrogens with zero attached hydrogens (tertiary/aromatic N) is 4. The van der Waals surface area contributed by atoms with E-state index in [2.05, 4.69) is 14.5 Å². The van der Waals surface area contributed by atoms with Gasteiger partial charge in [0.2, 0.25) is 17.6 Å². The van der Waals surface area contributed by atoms with Gasteiger partial charge in [-0.05, 0) is 30.4 Å². The zero-order valence-corrected chi connectivity index (χ0v) is 10.7. The molecule has 1 atom stereocenters. The fourth-order valence-corrected chi connectivity index (χ4v) is 2.58. The van der Waals surface area contributed by atoms with Crippen LogP contribution in [0.2, 0.25) is 0 Å². The molecular formula is C11H12N4O2S. The topological polar surface area (TPSA) is 72.1 Å². The van der Waals surface area contributed by atoms with E-state index in [0.717, 1.165) is 19.4 Å². The van der Waals surface area contributed by atoms with E-state index in [9.17, 15) is 4.79 Å². The normalized spacial score (nSPS) is 20.4. The van der Waals surface area contributed by atoms with Crippen molar-refractivity contribution < 1.29 is 9.32 Å². The summed E-state index contributed by atoms with van der Waals surface area (Å²) in [7, 11) is 1.80. The number of carbonyl (C=O) groups excluding carboxylic acids is 1. The molecule has 0 radical (unpaired) electrons. The van der Waals surface area contributed by atoms with Gasteiger partial charge in [-0.2, -0.15) is 9.36 Å². The molecule has 1 unspecified atom stereocenters. The van der Waals surface area contributed by atoms with E-state index in [0.29, 0.717) is 17.4 Å². The molecule has 2 aromatic heterocycles. The molecule has 7 heteroatoms. The second-order valence-corrected chi connectivity index (χ2v) is 4.96. The summed E-state index contributed by atoms with van der Waals surface area (Å²) < 4.78 is 9.34. The third kappa shape index (κ3) is 1.90. The molecule has 2 aromatic rings. The molecule has 0 N–H and O–H groups in total. The average Bonchev–Trinajstić information content (AvgIpc) is 3.01. The van der Waals surface area contributed by atoms with Crippen LogP contribution in [0.15, 0.2) is 16.0 Å². The van der Waals surface area contributed by atoms with Crippen molar-refractivity contribution in [3.8, 4) is 11.5 Å². The highest BCUT2D eigenvalue weighted by atomic mass is 32.1. The quantitative estimate of drug-likeness (QED) is 0.822. The van der Waals surface area contributed by atoms with Crippen molar-refractivity contribution in [3.63, 3.8) is 0 Å². The third-order valence-electron chi connectivity index (χ3n) is 3.07. The summed E-state index contributed by atoms with van der Waals surface area (Å²) in [6.45, 7) is 0.794. The summed E-state index contributed by atoms with van der Waals surface area (Å²) in [6.07, 6.45) is 1.73. The first-order chi connectivity index (χ1) is 8.75. The molecule has 1 aliphatic rings. The molecular weight excluding hydrogens is 252 g/mol. The minimum absolute atomic E-state index is 0.0507. The van der Waals surface area contributed by atoms with Crippen LogP contribution in [-0.2, 0) is 4.79 Å². The summed E-state index contributed by atoms with van der Waals surface area (Å²) in [5.74, 6) is 0.597. The predicted octanol–water partition coefficient (Wildman–Crippen LogP) is 1.53. The largest absolute Gasteiger partial charge is 0.345 e. The fraction of sp³-hybridized carbons (Fsp3) is 0.455. The molecule has 0 bridgehead atoms. The first-order valence-corrected chi connectivity index (χ1v) is 6.58. The standard InChI is InChI=1S/C11H12N4O2S/c1-15-5-2-3-7(11(15)16)10-12-9(13-17-10)8-4-6-18-14-8/h4,6-7H,2-3,5H2,1H3. The van der Waals surface area contributed by atoms with Gasteiger partial charge in [-0.3, -0.25) is 4.79 Å². The Kier molecular flexibility index (Phi) is 2.83. The highest BCUT2D eigenvalue weighted by molar-refractivity contribution is 7.03. The maximum absolute atomic E-state index is 12.0. The molecule has 3 heterocycles. The lowest BCUT2D eigenvalue weighted by atomic mass is 9.97. The number of amides is 1. The Morgan fingerprint density at radius 3 is 3.22 bits per heavy atom. The lowest BCUT2D eigenvalue weighted by Crippen LogP contribution is -2.37. The highest BCUT2D eigenvalue weighted by Gasteiger charge is 2.32. The first kappa shape index (κ1) is 11.3. The summed E-state index contributed by atoms with van der Waals surface area (Å²) >= 11 is 1.33. The minimum Gasteiger partial charge on any atom is -0.345 e. The van der Waals surface area contributed by atoms with Gasteiger partial charge in [-0.15, -0.1) is 0 Å². The maximum atomic E-state index is 12.0. The molecule has 94 valence electrons. The zero-order chi connectivity index (χ0) is 12.5. The summed E-state index contributed by atoms with van der Waals surface area (Å²) in [4.78, 5) is 18.0. The monoisotopic (exact) mass is 264 g/mol. The molecule has 1 amide bonds. The van der Waals surface area contributed by atoms with Gasteiger partial charge in [-0.1, -0.05) is 5.16 Å². The minimum atomic E-state index is -0.302. The van der Waals surface area contributed by atoms with Gasteiger partial charge >= 0.3 is 0 Å². The van der Waals surface area contributed by atoms with E-state index in [-0.39, 0.29) is 11.8 Å². The lowest BCUT2D eigenvalue weighted by Gasteiger charge is -2.26. The Morgan fingerprint density at radius 2 is 2.44 bits per heavy atom. The van der Waals surface area contributed by atoms with Crippen LogP contribution in [0.1, 0.15) is 24.7 Å². The van der Waals surface area contributed by atoms with Crippen LogP contribution < -0.4 is 0 Å². The number of aromatic nitrogens is 3. The molecule has 0 spiro atoms. The van der Waals surface area contributed by atoms with Crippen molar-refractivity contribution in [1.29, 1.82) is 0 Å². The number of rotatable bonds is 2. The second kappa shape index (κ2) is 4.49. The van der Waals surface area contributed by atoms with Crippen molar-refractivity contribution in [3.05, 3.63) is 17.3 Å². The summed E-state index contributed by atoms with van der Waals surface area (Å²) in [6, 6.07) is 1.83. The third-order valence-corrected chi connectivity index (χ3v) is 3.63. The number of piperidine rings is 1. The summed E-state index contributed by atoms with van der Waals surface area (Å²) in [5.41, 5.74) is 0.687. The SMILES string of the molecule is CN1CCCC(c2nc(-c3ccsn3)no2)C1=O. The van der Waals surface area contributed by atoms with E-state index in [1.165, 1.54) is 11.5 Å². The number of likely N-dealkylation sites (N-methyl/N-ethyl adjacent to an activating group) is 1. The number of hydrogen-bond donors (Lipinski definition) is 0. The van der Waals surface area contributed by atoms with E-state index >= 15 is 0 Å². The Morgan fingerprint density at radius 1 is 1.56 bits per heavy atom. The Balaban J connectivity index is 1.87. The van der Waals surface area contributed by atoms with Crippen molar-refractivity contribution in [1.82, 2.24) is 19.4 Å². The van der Waals surface area contributed by atoms with Gasteiger partial charge < -0.3 is 9.42 Å². The molecule has 1 aliphatic heterocycles. The van der Waals surface area contributed by atoms with Crippen LogP contribution in [-0.4, -0.2) is 38.9 Å². The number of likely N-dealkylation sites (tertiary alicyclic amines) is 1. The van der Waals surface area contributed by atoms with Crippen LogP contribution in [0.3, 0.4) is 0 Å². The van der Waals surface area contributed by atoms with E-state index in [4.69, 9.17) is 4.52 Å². The van der Waals surface area contributed by atoms with E-state index in [1.807, 2.05) is 11.4 Å². The molecule has 0 aromatic carbocycles. The van der Waals surface area contributed by atoms with Gasteiger partial charge in [0.25, 0.3) is 0 Å². The van der Waals surface area contributed by atoms with Gasteiger partial charge in [0.05, 0.1) is 0 Å². The van der Waals surface area contributed by atoms with Gasteiger partial charge in [-0.25, -0.2) is 0 Å². The van der Waals surface area contributed by atoms with Gasteiger partial charge in [0, 0.05) is 19.0 Å². The molecule has 0 saturated carbocycles. The van der Waals surface area contributed by atoms with Crippen molar-refractivity contribution in [2.75, 3.05) is 13.6 Å². The zero-order valence-electron chi connectivity index (χ0n) is 9.87. The lowest BCUT2D eigenvalue weighted by molar-refractivity contribution is -0.134. The van der Waals surface area contributed by atoms with Crippen molar-refractivity contribution in [2.24, 2.45) is 0 Å². The fourth-order valence-electron chi connectivity index (χ4n) is 2.07. The van der Waals surface area contributed by atoms with Crippen LogP contribution >= 0.6 is 11.5 Å². The smallest absolute Gasteiger partial charge is 0.239 e. The van der Waals surface area contributed by atoms with Crippen molar-refractivity contribution >= 4 is 17.4 Å². The number of hydrogen-bond acceptors (Lipinski definition) is 6. The molecule has 1 saturated heterocycles. The average molecular weight is 264 g/mol. The molecule has 1 fully saturated rings. The number of carbonyl (C=O) groups is 1. The molecule has 3 rings (SSSR count). The first-order valence-electron chi connectivity index (χ1n) is 5.75. The Bertz CT molecular complexity index is 551. The highest BCUT2D eigenvalue weighted by Crippen LogP contribution is 2.27. The van der Waals surface area contributed by atoms with Crippen LogP contribution in [0.5, 0.6) is 0 Å². The Labute approximate surface area is 108 Å². The molecule has 6 nitrogen and oxygen atoms in total. The van der Waals surface area contributed by atoms with Gasteiger partial charge in [0.15, 0.2) is 0 Å². The second-order valence-electron chi connectivity index (χ2n) is 4.30. The molecule has 18 heavy (non-hydrogen) atoms. The Hall–Kier alpha value is -1.76. The summed E-state index contributed by atoms with van der Waals surface area (Å²) in [5, 5.41) is 5.73. The van der Waals surface area contributed by atoms with Gasteiger partial charge in [0.1, 0.15) is 11.6 Å². The van der Waals surface area contributed by atoms with E-state index < -0.39 is 0 Å². The predicted molar refractivity (Wildman–Crippen MR) is 65.0 cm³/mol.